The zero-order chi connectivity index (χ0) is 25.0. The molecule has 0 aliphatic carbocycles. The molecule has 2 aromatic rings. The molecule has 2 amide bonds. The molecule has 3 rings (SSSR count). The van der Waals surface area contributed by atoms with Gasteiger partial charge in [0.25, 0.3) is 5.91 Å². The van der Waals surface area contributed by atoms with Crippen LogP contribution in [-0.2, 0) is 20.9 Å². The lowest BCUT2D eigenvalue weighted by Crippen LogP contribution is -2.38. The summed E-state index contributed by atoms with van der Waals surface area (Å²) in [7, 11) is 0. The Morgan fingerprint density at radius 3 is 2.38 bits per heavy atom. The highest BCUT2D eigenvalue weighted by Crippen LogP contribution is 2.39. The van der Waals surface area contributed by atoms with Gasteiger partial charge in [0.1, 0.15) is 0 Å². The van der Waals surface area contributed by atoms with Gasteiger partial charge in [-0.15, -0.1) is 0 Å². The molecule has 1 atom stereocenters. The molecule has 8 heteroatoms. The number of nitrogens with zero attached hydrogens (tertiary/aromatic N) is 1. The highest BCUT2D eigenvalue weighted by molar-refractivity contribution is 6.42. The Bertz CT molecular complexity index is 1130. The summed E-state index contributed by atoms with van der Waals surface area (Å²) in [5.74, 6) is -1.22. The molecule has 0 fully saturated rings. The molecule has 0 saturated heterocycles. The third-order valence-electron chi connectivity index (χ3n) is 5.64. The summed E-state index contributed by atoms with van der Waals surface area (Å²) in [6, 6.07) is 12.2. The Morgan fingerprint density at radius 1 is 1.12 bits per heavy atom. The average molecular weight is 503 g/mol. The fraction of sp³-hybridized carbons (Fsp3) is 0.346. The number of allylic oxidation sites excluding steroid dienone is 1. The molecule has 0 radical (unpaired) electrons. The van der Waals surface area contributed by atoms with Gasteiger partial charge in [0.05, 0.1) is 28.8 Å². The Morgan fingerprint density at radius 2 is 1.79 bits per heavy atom. The second-order valence-corrected chi connectivity index (χ2v) is 9.27. The molecule has 0 aromatic heterocycles. The molecule has 1 N–H and O–H groups in total. The normalized spacial score (nSPS) is 16.1. The van der Waals surface area contributed by atoms with Crippen molar-refractivity contribution in [3.8, 4) is 0 Å². The van der Waals surface area contributed by atoms with Crippen LogP contribution in [0.25, 0.3) is 0 Å². The van der Waals surface area contributed by atoms with Crippen LogP contribution >= 0.6 is 23.2 Å². The second-order valence-electron chi connectivity index (χ2n) is 8.45. The van der Waals surface area contributed by atoms with Crippen LogP contribution in [0.5, 0.6) is 0 Å². The van der Waals surface area contributed by atoms with Crippen molar-refractivity contribution in [2.24, 2.45) is 0 Å². The monoisotopic (exact) mass is 502 g/mol. The molecular weight excluding hydrogens is 475 g/mol. The van der Waals surface area contributed by atoms with Crippen LogP contribution in [-0.4, -0.2) is 35.3 Å². The minimum atomic E-state index is -0.486. The van der Waals surface area contributed by atoms with E-state index in [0.29, 0.717) is 26.9 Å². The predicted molar refractivity (Wildman–Crippen MR) is 133 cm³/mol. The van der Waals surface area contributed by atoms with Crippen molar-refractivity contribution in [1.29, 1.82) is 0 Å². The first-order valence-corrected chi connectivity index (χ1v) is 11.9. The van der Waals surface area contributed by atoms with E-state index in [4.69, 9.17) is 27.9 Å². The molecule has 0 bridgehead atoms. The van der Waals surface area contributed by atoms with Crippen LogP contribution in [0.4, 0.5) is 0 Å². The number of hydrogen-bond donors (Lipinski definition) is 1. The largest absolute Gasteiger partial charge is 0.463 e. The number of benzene rings is 2. The van der Waals surface area contributed by atoms with E-state index in [-0.39, 0.29) is 37.4 Å². The number of rotatable bonds is 7. The molecule has 0 saturated carbocycles. The summed E-state index contributed by atoms with van der Waals surface area (Å²) < 4.78 is 5.33. The smallest absolute Gasteiger partial charge is 0.336 e. The predicted octanol–water partition coefficient (Wildman–Crippen LogP) is 5.48. The van der Waals surface area contributed by atoms with Crippen LogP contribution in [0.3, 0.4) is 0 Å². The first-order valence-electron chi connectivity index (χ1n) is 11.1. The maximum atomic E-state index is 13.2. The third kappa shape index (κ3) is 5.80. The maximum absolute atomic E-state index is 13.2. The van der Waals surface area contributed by atoms with E-state index in [1.807, 2.05) is 26.0 Å². The van der Waals surface area contributed by atoms with Crippen molar-refractivity contribution in [3.63, 3.8) is 0 Å². The maximum Gasteiger partial charge on any atom is 0.336 e. The van der Waals surface area contributed by atoms with Gasteiger partial charge in [0.15, 0.2) is 0 Å². The van der Waals surface area contributed by atoms with E-state index in [1.165, 1.54) is 0 Å². The second kappa shape index (κ2) is 11.1. The van der Waals surface area contributed by atoms with E-state index < -0.39 is 11.9 Å². The molecule has 1 aliphatic rings. The van der Waals surface area contributed by atoms with E-state index in [0.717, 1.165) is 11.1 Å². The number of esters is 1. The molecule has 1 aliphatic heterocycles. The topological polar surface area (TPSA) is 75.7 Å². The molecule has 1 unspecified atom stereocenters. The summed E-state index contributed by atoms with van der Waals surface area (Å²) in [5, 5.41) is 3.61. The van der Waals surface area contributed by atoms with E-state index >= 15 is 0 Å². The fourth-order valence-corrected chi connectivity index (χ4v) is 4.29. The van der Waals surface area contributed by atoms with Gasteiger partial charge in [-0.25, -0.2) is 4.79 Å². The van der Waals surface area contributed by atoms with Crippen molar-refractivity contribution in [2.75, 3.05) is 6.61 Å². The van der Waals surface area contributed by atoms with Crippen molar-refractivity contribution < 1.29 is 19.1 Å². The summed E-state index contributed by atoms with van der Waals surface area (Å²) in [4.78, 5) is 39.9. The minimum absolute atomic E-state index is 0.0377. The third-order valence-corrected chi connectivity index (χ3v) is 6.38. The average Bonchev–Trinajstić information content (AvgIpc) is 2.78. The number of nitrogens with one attached hydrogen (secondary N) is 1. The van der Waals surface area contributed by atoms with E-state index in [9.17, 15) is 14.4 Å². The van der Waals surface area contributed by atoms with Gasteiger partial charge in [0.2, 0.25) is 5.91 Å². The zero-order valence-electron chi connectivity index (χ0n) is 19.7. The number of hydrogen-bond acceptors (Lipinski definition) is 4. The molecule has 6 nitrogen and oxygen atoms in total. The fourth-order valence-electron chi connectivity index (χ4n) is 3.98. The molecule has 180 valence electrons. The van der Waals surface area contributed by atoms with Crippen molar-refractivity contribution in [2.45, 2.75) is 52.6 Å². The van der Waals surface area contributed by atoms with E-state index in [1.54, 1.807) is 49.1 Å². The van der Waals surface area contributed by atoms with Crippen LogP contribution in [0.15, 0.2) is 53.7 Å². The van der Waals surface area contributed by atoms with Gasteiger partial charge in [-0.05, 0) is 63.1 Å². The lowest BCUT2D eigenvalue weighted by molar-refractivity contribution is -0.140. The highest BCUT2D eigenvalue weighted by atomic mass is 35.5. The SMILES string of the molecule is CCOC(=O)C1=C(C)N(Cc2ccc(C(=O)NC(C)C)cc2)C(=O)CC1c1ccc(Cl)c(Cl)c1. The molecule has 2 aromatic carbocycles. The summed E-state index contributed by atoms with van der Waals surface area (Å²) in [5.41, 5.74) is 3.07. The highest BCUT2D eigenvalue weighted by Gasteiger charge is 2.37. The van der Waals surface area contributed by atoms with Crippen molar-refractivity contribution in [3.05, 3.63) is 80.5 Å². The number of carbonyl (C=O) groups excluding carboxylic acids is 3. The quantitative estimate of drug-likeness (QED) is 0.508. The first-order chi connectivity index (χ1) is 16.1. The Balaban J connectivity index is 1.93. The molecule has 1 heterocycles. The van der Waals surface area contributed by atoms with Crippen molar-refractivity contribution >= 4 is 41.0 Å². The summed E-state index contributed by atoms with van der Waals surface area (Å²) >= 11 is 12.3. The van der Waals surface area contributed by atoms with Crippen LogP contribution in [0, 0.1) is 0 Å². The van der Waals surface area contributed by atoms with Gasteiger partial charge < -0.3 is 15.0 Å². The Hall–Kier alpha value is -2.83. The van der Waals surface area contributed by atoms with E-state index in [2.05, 4.69) is 5.32 Å². The number of ether oxygens (including phenoxy) is 1. The van der Waals surface area contributed by atoms with Crippen molar-refractivity contribution in [1.82, 2.24) is 10.2 Å². The van der Waals surface area contributed by atoms with Gasteiger partial charge >= 0.3 is 5.97 Å². The zero-order valence-corrected chi connectivity index (χ0v) is 21.2. The summed E-state index contributed by atoms with van der Waals surface area (Å²) in [6.45, 7) is 7.78. The Kier molecular flexibility index (Phi) is 8.39. The number of carbonyl (C=O) groups is 3. The van der Waals surface area contributed by atoms with Gasteiger partial charge in [0, 0.05) is 29.6 Å². The van der Waals surface area contributed by atoms with Crippen LogP contribution in [0.1, 0.15) is 61.5 Å². The standard InChI is InChI=1S/C26H28Cl2N2O4/c1-5-34-26(33)24-16(4)30(14-17-6-8-18(9-7-17)25(32)29-15(2)3)23(31)13-20(24)19-10-11-21(27)22(28)12-19/h6-12,15,20H,5,13-14H2,1-4H3,(H,29,32). The molecule has 34 heavy (non-hydrogen) atoms. The number of halogens is 2. The van der Waals surface area contributed by atoms with Gasteiger partial charge in [-0.2, -0.15) is 0 Å². The van der Waals surface area contributed by atoms with Gasteiger partial charge in [-0.1, -0.05) is 41.4 Å². The number of amides is 2. The minimum Gasteiger partial charge on any atom is -0.463 e. The summed E-state index contributed by atoms with van der Waals surface area (Å²) in [6.07, 6.45) is 0.0956. The Labute approximate surface area is 209 Å². The first kappa shape index (κ1) is 25.8. The van der Waals surface area contributed by atoms with Gasteiger partial charge in [-0.3, -0.25) is 9.59 Å². The lowest BCUT2D eigenvalue weighted by atomic mass is 9.83. The molecule has 0 spiro atoms. The van der Waals surface area contributed by atoms with Crippen LogP contribution < -0.4 is 5.32 Å². The van der Waals surface area contributed by atoms with Crippen LogP contribution in [0.2, 0.25) is 10.0 Å². The lowest BCUT2D eigenvalue weighted by Gasteiger charge is -2.34. The molecular formula is C26H28Cl2N2O4.